The highest BCUT2D eigenvalue weighted by Gasteiger charge is 2.15. The zero-order valence-corrected chi connectivity index (χ0v) is 10.1. The number of rotatable bonds is 3. The van der Waals surface area contributed by atoms with Gasteiger partial charge < -0.3 is 0 Å². The minimum absolute atomic E-state index is 0.303. The van der Waals surface area contributed by atoms with Gasteiger partial charge in [0, 0.05) is 11.6 Å². The molecule has 2 rings (SSSR count). The first-order chi connectivity index (χ1) is 7.74. The average Bonchev–Trinajstić information content (AvgIpc) is 2.71. The standard InChI is InChI=1S/C12H14ClN3/c1-3-9(2)16-11(14-15-12(16)13)10-7-5-4-6-8-10/h4-9H,3H2,1-2H3. The second-order valence-electron chi connectivity index (χ2n) is 3.79. The highest BCUT2D eigenvalue weighted by atomic mass is 35.5. The van der Waals surface area contributed by atoms with Crippen molar-refractivity contribution in [1.82, 2.24) is 14.8 Å². The predicted molar refractivity (Wildman–Crippen MR) is 65.5 cm³/mol. The van der Waals surface area contributed by atoms with E-state index in [1.54, 1.807) is 0 Å². The Morgan fingerprint density at radius 2 is 1.94 bits per heavy atom. The third-order valence-corrected chi connectivity index (χ3v) is 2.98. The smallest absolute Gasteiger partial charge is 0.225 e. The summed E-state index contributed by atoms with van der Waals surface area (Å²) in [7, 11) is 0. The molecule has 2 aromatic rings. The fraction of sp³-hybridized carbons (Fsp3) is 0.333. The Bertz CT molecular complexity index is 464. The number of hydrogen-bond donors (Lipinski definition) is 0. The van der Waals surface area contributed by atoms with Crippen LogP contribution < -0.4 is 0 Å². The monoisotopic (exact) mass is 235 g/mol. The molecule has 16 heavy (non-hydrogen) atoms. The van der Waals surface area contributed by atoms with E-state index in [9.17, 15) is 0 Å². The molecule has 1 aromatic heterocycles. The lowest BCUT2D eigenvalue weighted by atomic mass is 10.2. The number of nitrogens with zero attached hydrogens (tertiary/aromatic N) is 3. The molecule has 84 valence electrons. The summed E-state index contributed by atoms with van der Waals surface area (Å²) in [5, 5.41) is 8.53. The quantitative estimate of drug-likeness (QED) is 0.814. The Morgan fingerprint density at radius 1 is 1.25 bits per heavy atom. The first kappa shape index (κ1) is 11.1. The molecule has 0 aliphatic heterocycles. The fourth-order valence-electron chi connectivity index (χ4n) is 1.63. The lowest BCUT2D eigenvalue weighted by Gasteiger charge is -2.14. The van der Waals surface area contributed by atoms with Crippen molar-refractivity contribution in [3.8, 4) is 11.4 Å². The van der Waals surface area contributed by atoms with Gasteiger partial charge in [0.25, 0.3) is 0 Å². The summed E-state index contributed by atoms with van der Waals surface area (Å²) in [5.74, 6) is 0.833. The van der Waals surface area contributed by atoms with Crippen LogP contribution in [0.1, 0.15) is 26.3 Å². The minimum atomic E-state index is 0.303. The van der Waals surface area contributed by atoms with Crippen LogP contribution in [0, 0.1) is 0 Å². The average molecular weight is 236 g/mol. The number of halogens is 1. The van der Waals surface area contributed by atoms with Gasteiger partial charge in [0.1, 0.15) is 0 Å². The Morgan fingerprint density at radius 3 is 2.56 bits per heavy atom. The van der Waals surface area contributed by atoms with Gasteiger partial charge in [-0.1, -0.05) is 37.3 Å². The van der Waals surface area contributed by atoms with Crippen LogP contribution in [-0.4, -0.2) is 14.8 Å². The molecule has 0 bridgehead atoms. The molecular weight excluding hydrogens is 222 g/mol. The second kappa shape index (κ2) is 4.66. The van der Waals surface area contributed by atoms with Crippen LogP contribution in [0.3, 0.4) is 0 Å². The number of benzene rings is 1. The van der Waals surface area contributed by atoms with Crippen molar-refractivity contribution >= 4 is 11.6 Å². The van der Waals surface area contributed by atoms with Gasteiger partial charge in [-0.2, -0.15) is 0 Å². The van der Waals surface area contributed by atoms with Crippen molar-refractivity contribution in [2.24, 2.45) is 0 Å². The van der Waals surface area contributed by atoms with Gasteiger partial charge in [0.2, 0.25) is 5.28 Å². The van der Waals surface area contributed by atoms with Crippen molar-refractivity contribution in [2.45, 2.75) is 26.3 Å². The second-order valence-corrected chi connectivity index (χ2v) is 4.12. The molecule has 0 radical (unpaired) electrons. The van der Waals surface area contributed by atoms with E-state index in [2.05, 4.69) is 24.0 Å². The summed E-state index contributed by atoms with van der Waals surface area (Å²) in [5.41, 5.74) is 1.04. The largest absolute Gasteiger partial charge is 0.295 e. The van der Waals surface area contributed by atoms with E-state index in [-0.39, 0.29) is 0 Å². The Balaban J connectivity index is 2.50. The summed E-state index contributed by atoms with van der Waals surface area (Å²) >= 11 is 6.06. The summed E-state index contributed by atoms with van der Waals surface area (Å²) in [4.78, 5) is 0. The molecule has 0 saturated heterocycles. The van der Waals surface area contributed by atoms with E-state index in [0.717, 1.165) is 17.8 Å². The molecule has 0 fully saturated rings. The normalized spacial score (nSPS) is 12.7. The fourth-order valence-corrected chi connectivity index (χ4v) is 1.91. The van der Waals surface area contributed by atoms with Gasteiger partial charge in [0.05, 0.1) is 0 Å². The lowest BCUT2D eigenvalue weighted by molar-refractivity contribution is 0.535. The molecule has 1 aromatic carbocycles. The van der Waals surface area contributed by atoms with Gasteiger partial charge in [0.15, 0.2) is 5.82 Å². The first-order valence-corrected chi connectivity index (χ1v) is 5.77. The highest BCUT2D eigenvalue weighted by molar-refractivity contribution is 6.28. The van der Waals surface area contributed by atoms with Crippen molar-refractivity contribution in [3.63, 3.8) is 0 Å². The first-order valence-electron chi connectivity index (χ1n) is 5.39. The molecule has 0 aliphatic carbocycles. The zero-order valence-electron chi connectivity index (χ0n) is 9.39. The van der Waals surface area contributed by atoms with Gasteiger partial charge >= 0.3 is 0 Å². The van der Waals surface area contributed by atoms with E-state index in [1.165, 1.54) is 0 Å². The van der Waals surface area contributed by atoms with Gasteiger partial charge in [-0.3, -0.25) is 4.57 Å². The van der Waals surface area contributed by atoms with Crippen molar-refractivity contribution in [1.29, 1.82) is 0 Å². The molecule has 1 atom stereocenters. The van der Waals surface area contributed by atoms with Crippen molar-refractivity contribution < 1.29 is 0 Å². The van der Waals surface area contributed by atoms with Crippen LogP contribution in [0.5, 0.6) is 0 Å². The van der Waals surface area contributed by atoms with E-state index in [1.807, 2.05) is 34.9 Å². The Hall–Kier alpha value is -1.35. The molecule has 0 amide bonds. The number of aromatic nitrogens is 3. The molecule has 4 heteroatoms. The maximum absolute atomic E-state index is 6.06. The maximum atomic E-state index is 6.06. The van der Waals surface area contributed by atoms with Gasteiger partial charge in [-0.15, -0.1) is 10.2 Å². The van der Waals surface area contributed by atoms with Crippen LogP contribution in [-0.2, 0) is 0 Å². The molecule has 0 N–H and O–H groups in total. The summed E-state index contributed by atoms with van der Waals surface area (Å²) in [6.45, 7) is 4.23. The van der Waals surface area contributed by atoms with Crippen LogP contribution in [0.2, 0.25) is 5.28 Å². The van der Waals surface area contributed by atoms with E-state index in [4.69, 9.17) is 11.6 Å². The molecule has 0 spiro atoms. The molecular formula is C12H14ClN3. The molecule has 3 nitrogen and oxygen atoms in total. The maximum Gasteiger partial charge on any atom is 0.225 e. The molecule has 0 saturated carbocycles. The molecule has 1 heterocycles. The van der Waals surface area contributed by atoms with Crippen molar-refractivity contribution in [3.05, 3.63) is 35.6 Å². The third kappa shape index (κ3) is 1.95. The highest BCUT2D eigenvalue weighted by Crippen LogP contribution is 2.25. The zero-order chi connectivity index (χ0) is 11.5. The lowest BCUT2D eigenvalue weighted by Crippen LogP contribution is -2.06. The SMILES string of the molecule is CCC(C)n1c(Cl)nnc1-c1ccccc1. The van der Waals surface area contributed by atoms with Crippen LogP contribution in [0.25, 0.3) is 11.4 Å². The summed E-state index contributed by atoms with van der Waals surface area (Å²) < 4.78 is 1.97. The van der Waals surface area contributed by atoms with E-state index in [0.29, 0.717) is 11.3 Å². The summed E-state index contributed by atoms with van der Waals surface area (Å²) in [6.07, 6.45) is 0.998. The van der Waals surface area contributed by atoms with Crippen LogP contribution >= 0.6 is 11.6 Å². The predicted octanol–water partition coefficient (Wildman–Crippen LogP) is 3.57. The number of hydrogen-bond acceptors (Lipinski definition) is 2. The van der Waals surface area contributed by atoms with E-state index >= 15 is 0 Å². The van der Waals surface area contributed by atoms with Gasteiger partial charge in [-0.25, -0.2) is 0 Å². The Kier molecular flexibility index (Phi) is 3.25. The molecule has 1 unspecified atom stereocenters. The third-order valence-electron chi connectivity index (χ3n) is 2.72. The topological polar surface area (TPSA) is 30.7 Å². The van der Waals surface area contributed by atoms with E-state index < -0.39 is 0 Å². The van der Waals surface area contributed by atoms with Crippen LogP contribution in [0.4, 0.5) is 0 Å². The van der Waals surface area contributed by atoms with Crippen molar-refractivity contribution in [2.75, 3.05) is 0 Å². The summed E-state index contributed by atoms with van der Waals surface area (Å²) in [6, 6.07) is 10.3. The Labute approximate surface area is 100 Å². The molecule has 0 aliphatic rings. The minimum Gasteiger partial charge on any atom is -0.295 e. The van der Waals surface area contributed by atoms with Crippen LogP contribution in [0.15, 0.2) is 30.3 Å². The van der Waals surface area contributed by atoms with Gasteiger partial charge in [-0.05, 0) is 24.9 Å².